The molecule has 0 aromatic heterocycles. The fraction of sp³-hybridized carbons (Fsp3) is 0.417. The van der Waals surface area contributed by atoms with Crippen LogP contribution in [0.5, 0.6) is 0 Å². The zero-order chi connectivity index (χ0) is 11.8. The van der Waals surface area contributed by atoms with E-state index in [1.165, 1.54) is 0 Å². The minimum atomic E-state index is -0.506. The number of ether oxygens (including phenoxy) is 1. The van der Waals surface area contributed by atoms with Gasteiger partial charge in [0.05, 0.1) is 13.2 Å². The van der Waals surface area contributed by atoms with E-state index in [9.17, 15) is 4.79 Å². The molecular formula is C12H17NO3. The van der Waals surface area contributed by atoms with E-state index in [-0.39, 0.29) is 12.6 Å². The summed E-state index contributed by atoms with van der Waals surface area (Å²) in [4.78, 5) is 11.7. The number of aliphatic hydroxyl groups is 1. The summed E-state index contributed by atoms with van der Waals surface area (Å²) in [5.74, 6) is -0.317. The zero-order valence-electron chi connectivity index (χ0n) is 9.35. The van der Waals surface area contributed by atoms with Crippen LogP contribution < -0.4 is 5.32 Å². The molecule has 1 rings (SSSR count). The summed E-state index contributed by atoms with van der Waals surface area (Å²) >= 11 is 0. The van der Waals surface area contributed by atoms with Gasteiger partial charge in [0.1, 0.15) is 6.04 Å². The molecule has 2 N–H and O–H groups in total. The van der Waals surface area contributed by atoms with E-state index in [0.717, 1.165) is 5.56 Å². The van der Waals surface area contributed by atoms with Crippen molar-refractivity contribution in [1.82, 2.24) is 5.32 Å². The van der Waals surface area contributed by atoms with Gasteiger partial charge in [0.2, 0.25) is 0 Å². The van der Waals surface area contributed by atoms with Crippen molar-refractivity contribution in [2.75, 3.05) is 19.8 Å². The highest BCUT2D eigenvalue weighted by Gasteiger charge is 2.20. The molecule has 0 amide bonds. The summed E-state index contributed by atoms with van der Waals surface area (Å²) in [5.41, 5.74) is 0.842. The predicted molar refractivity (Wildman–Crippen MR) is 60.9 cm³/mol. The van der Waals surface area contributed by atoms with Gasteiger partial charge in [0.15, 0.2) is 0 Å². The topological polar surface area (TPSA) is 58.6 Å². The monoisotopic (exact) mass is 223 g/mol. The molecular weight excluding hydrogens is 206 g/mol. The van der Waals surface area contributed by atoms with Crippen LogP contribution in [0.25, 0.3) is 0 Å². The van der Waals surface area contributed by atoms with Gasteiger partial charge in [0.25, 0.3) is 0 Å². The minimum absolute atomic E-state index is 0.0112. The number of hydrogen-bond acceptors (Lipinski definition) is 4. The summed E-state index contributed by atoms with van der Waals surface area (Å²) in [6.45, 7) is 2.47. The van der Waals surface area contributed by atoms with Gasteiger partial charge in [-0.05, 0) is 12.5 Å². The summed E-state index contributed by atoms with van der Waals surface area (Å²) in [7, 11) is 0. The molecule has 88 valence electrons. The van der Waals surface area contributed by atoms with E-state index in [0.29, 0.717) is 13.2 Å². The van der Waals surface area contributed by atoms with Crippen LogP contribution in [0, 0.1) is 0 Å². The van der Waals surface area contributed by atoms with Crippen molar-refractivity contribution < 1.29 is 14.6 Å². The Kier molecular flexibility index (Phi) is 5.53. The Balaban J connectivity index is 2.74. The van der Waals surface area contributed by atoms with Gasteiger partial charge in [-0.2, -0.15) is 0 Å². The Hall–Kier alpha value is -1.39. The van der Waals surface area contributed by atoms with E-state index < -0.39 is 6.04 Å². The molecule has 1 aromatic carbocycles. The Bertz CT molecular complexity index is 313. The highest BCUT2D eigenvalue weighted by atomic mass is 16.5. The average Bonchev–Trinajstić information content (AvgIpc) is 2.31. The zero-order valence-corrected chi connectivity index (χ0v) is 9.35. The third-order valence-corrected chi connectivity index (χ3v) is 2.12. The lowest BCUT2D eigenvalue weighted by Gasteiger charge is -2.16. The van der Waals surface area contributed by atoms with Crippen LogP contribution in [0.2, 0.25) is 0 Å². The second-order valence-electron chi connectivity index (χ2n) is 3.27. The molecule has 1 atom stereocenters. The first-order valence-electron chi connectivity index (χ1n) is 5.35. The number of nitrogens with one attached hydrogen (secondary N) is 1. The third-order valence-electron chi connectivity index (χ3n) is 2.12. The van der Waals surface area contributed by atoms with Crippen molar-refractivity contribution in [2.45, 2.75) is 13.0 Å². The van der Waals surface area contributed by atoms with Gasteiger partial charge in [0, 0.05) is 6.54 Å². The largest absolute Gasteiger partial charge is 0.465 e. The molecule has 0 heterocycles. The predicted octanol–water partition coefficient (Wildman–Crippen LogP) is 0.873. The summed E-state index contributed by atoms with van der Waals surface area (Å²) < 4.78 is 4.97. The molecule has 0 aliphatic carbocycles. The lowest BCUT2D eigenvalue weighted by molar-refractivity contribution is -0.145. The van der Waals surface area contributed by atoms with E-state index >= 15 is 0 Å². The van der Waals surface area contributed by atoms with Crippen molar-refractivity contribution in [3.05, 3.63) is 35.9 Å². The molecule has 1 aromatic rings. The number of hydrogen-bond donors (Lipinski definition) is 2. The lowest BCUT2D eigenvalue weighted by atomic mass is 10.1. The number of aliphatic hydroxyl groups excluding tert-OH is 1. The van der Waals surface area contributed by atoms with Crippen LogP contribution in [-0.2, 0) is 9.53 Å². The first-order chi connectivity index (χ1) is 7.79. The first-order valence-corrected chi connectivity index (χ1v) is 5.35. The van der Waals surface area contributed by atoms with Gasteiger partial charge >= 0.3 is 5.97 Å². The number of carbonyl (C=O) groups excluding carboxylic acids is 1. The highest BCUT2D eigenvalue weighted by Crippen LogP contribution is 2.13. The number of benzene rings is 1. The van der Waals surface area contributed by atoms with Crippen LogP contribution in [0.15, 0.2) is 30.3 Å². The molecule has 16 heavy (non-hydrogen) atoms. The molecule has 0 bridgehead atoms. The van der Waals surface area contributed by atoms with Crippen LogP contribution >= 0.6 is 0 Å². The summed E-state index contributed by atoms with van der Waals surface area (Å²) in [6.07, 6.45) is 0. The van der Waals surface area contributed by atoms with Crippen LogP contribution in [0.1, 0.15) is 18.5 Å². The molecule has 0 aliphatic heterocycles. The maximum absolute atomic E-state index is 11.7. The number of esters is 1. The van der Waals surface area contributed by atoms with Crippen molar-refractivity contribution in [1.29, 1.82) is 0 Å². The third kappa shape index (κ3) is 3.64. The van der Waals surface area contributed by atoms with Gasteiger partial charge in [-0.25, -0.2) is 4.79 Å². The molecule has 0 fully saturated rings. The quantitative estimate of drug-likeness (QED) is 0.703. The Morgan fingerprint density at radius 2 is 2.12 bits per heavy atom. The van der Waals surface area contributed by atoms with Crippen LogP contribution in [0.4, 0.5) is 0 Å². The second-order valence-corrected chi connectivity index (χ2v) is 3.27. The Morgan fingerprint density at radius 3 is 2.69 bits per heavy atom. The van der Waals surface area contributed by atoms with Crippen molar-refractivity contribution >= 4 is 5.97 Å². The standard InChI is InChI=1S/C12H17NO3/c1-2-16-12(15)11(13-8-9-14)10-6-4-3-5-7-10/h3-7,11,13-14H,2,8-9H2,1H3. The minimum Gasteiger partial charge on any atom is -0.465 e. The molecule has 0 aliphatic rings. The van der Waals surface area contributed by atoms with Gasteiger partial charge in [-0.15, -0.1) is 0 Å². The molecule has 0 spiro atoms. The Morgan fingerprint density at radius 1 is 1.44 bits per heavy atom. The van der Waals surface area contributed by atoms with Gasteiger partial charge in [-0.3, -0.25) is 5.32 Å². The Labute approximate surface area is 95.2 Å². The van der Waals surface area contributed by atoms with Crippen LogP contribution in [-0.4, -0.2) is 30.8 Å². The van der Waals surface area contributed by atoms with E-state index in [1.807, 2.05) is 30.3 Å². The second kappa shape index (κ2) is 6.98. The maximum atomic E-state index is 11.7. The lowest BCUT2D eigenvalue weighted by Crippen LogP contribution is -2.32. The van der Waals surface area contributed by atoms with Crippen molar-refractivity contribution in [3.63, 3.8) is 0 Å². The van der Waals surface area contributed by atoms with Crippen LogP contribution in [0.3, 0.4) is 0 Å². The fourth-order valence-corrected chi connectivity index (χ4v) is 1.42. The van der Waals surface area contributed by atoms with E-state index in [4.69, 9.17) is 9.84 Å². The SMILES string of the molecule is CCOC(=O)C(NCCO)c1ccccc1. The summed E-state index contributed by atoms with van der Waals surface area (Å²) in [6, 6.07) is 8.81. The molecule has 4 heteroatoms. The fourth-order valence-electron chi connectivity index (χ4n) is 1.42. The van der Waals surface area contributed by atoms with Gasteiger partial charge < -0.3 is 9.84 Å². The van der Waals surface area contributed by atoms with E-state index in [2.05, 4.69) is 5.32 Å². The normalized spacial score (nSPS) is 12.1. The molecule has 1 unspecified atom stereocenters. The van der Waals surface area contributed by atoms with Crippen molar-refractivity contribution in [3.8, 4) is 0 Å². The molecule has 0 saturated carbocycles. The van der Waals surface area contributed by atoms with Gasteiger partial charge in [-0.1, -0.05) is 30.3 Å². The van der Waals surface area contributed by atoms with Crippen molar-refractivity contribution in [2.24, 2.45) is 0 Å². The molecule has 0 radical (unpaired) electrons. The highest BCUT2D eigenvalue weighted by molar-refractivity contribution is 5.77. The molecule has 4 nitrogen and oxygen atoms in total. The number of carbonyl (C=O) groups is 1. The maximum Gasteiger partial charge on any atom is 0.327 e. The summed E-state index contributed by atoms with van der Waals surface area (Å²) in [5, 5.41) is 11.7. The van der Waals surface area contributed by atoms with E-state index in [1.54, 1.807) is 6.92 Å². The smallest absolute Gasteiger partial charge is 0.327 e. The first kappa shape index (κ1) is 12.7. The molecule has 0 saturated heterocycles. The average molecular weight is 223 g/mol. The number of rotatable bonds is 6.